The standard InChI is InChI=1S/C10H12FN3O2/c11-7-1-2-10(14(15)16)8(5-7)9-6-12-3-4-13-9/h1-2,5,9,12-13H,3-4,6H2/t9-/m1/s1. The SMILES string of the molecule is O=[N+]([O-])c1ccc(F)cc1[C@H]1CNCCN1. The first-order chi connectivity index (χ1) is 7.68. The Bertz CT molecular complexity index is 405. The highest BCUT2D eigenvalue weighted by Crippen LogP contribution is 2.26. The quantitative estimate of drug-likeness (QED) is 0.581. The average Bonchev–Trinajstić information content (AvgIpc) is 2.29. The first-order valence-corrected chi connectivity index (χ1v) is 5.06. The average molecular weight is 225 g/mol. The number of rotatable bonds is 2. The molecule has 0 spiro atoms. The van der Waals surface area contributed by atoms with Crippen molar-refractivity contribution in [2.45, 2.75) is 6.04 Å². The first-order valence-electron chi connectivity index (χ1n) is 5.06. The topological polar surface area (TPSA) is 67.2 Å². The molecular weight excluding hydrogens is 213 g/mol. The van der Waals surface area contributed by atoms with E-state index in [9.17, 15) is 14.5 Å². The lowest BCUT2D eigenvalue weighted by Crippen LogP contribution is -2.42. The molecule has 86 valence electrons. The third-order valence-corrected chi connectivity index (χ3v) is 2.60. The lowest BCUT2D eigenvalue weighted by Gasteiger charge is -2.24. The van der Waals surface area contributed by atoms with Crippen LogP contribution in [0.4, 0.5) is 10.1 Å². The van der Waals surface area contributed by atoms with Gasteiger partial charge in [-0.3, -0.25) is 10.1 Å². The molecule has 0 bridgehead atoms. The molecule has 0 aromatic heterocycles. The van der Waals surface area contributed by atoms with Crippen LogP contribution in [0.25, 0.3) is 0 Å². The van der Waals surface area contributed by atoms with Gasteiger partial charge in [0.15, 0.2) is 0 Å². The van der Waals surface area contributed by atoms with E-state index in [0.717, 1.165) is 19.2 Å². The maximum Gasteiger partial charge on any atom is 0.274 e. The fourth-order valence-corrected chi connectivity index (χ4v) is 1.84. The molecule has 1 aromatic carbocycles. The van der Waals surface area contributed by atoms with Gasteiger partial charge in [0.05, 0.1) is 16.5 Å². The van der Waals surface area contributed by atoms with E-state index < -0.39 is 10.7 Å². The summed E-state index contributed by atoms with van der Waals surface area (Å²) >= 11 is 0. The van der Waals surface area contributed by atoms with Crippen molar-refractivity contribution in [3.63, 3.8) is 0 Å². The predicted octanol–water partition coefficient (Wildman–Crippen LogP) is 0.968. The number of benzene rings is 1. The summed E-state index contributed by atoms with van der Waals surface area (Å²) < 4.78 is 13.1. The van der Waals surface area contributed by atoms with Gasteiger partial charge in [-0.15, -0.1) is 0 Å². The van der Waals surface area contributed by atoms with Gasteiger partial charge < -0.3 is 10.6 Å². The summed E-state index contributed by atoms with van der Waals surface area (Å²) in [4.78, 5) is 10.3. The molecule has 1 aliphatic rings. The number of nitrogens with one attached hydrogen (secondary N) is 2. The summed E-state index contributed by atoms with van der Waals surface area (Å²) in [5.74, 6) is -0.451. The van der Waals surface area contributed by atoms with E-state index in [1.54, 1.807) is 0 Å². The first kappa shape index (κ1) is 11.0. The van der Waals surface area contributed by atoms with Crippen LogP contribution < -0.4 is 10.6 Å². The van der Waals surface area contributed by atoms with Crippen molar-refractivity contribution < 1.29 is 9.31 Å². The van der Waals surface area contributed by atoms with Gasteiger partial charge in [-0.05, 0) is 12.1 Å². The lowest BCUT2D eigenvalue weighted by molar-refractivity contribution is -0.385. The van der Waals surface area contributed by atoms with Crippen LogP contribution in [0.3, 0.4) is 0 Å². The van der Waals surface area contributed by atoms with Crippen LogP contribution in [0.2, 0.25) is 0 Å². The van der Waals surface area contributed by atoms with Gasteiger partial charge in [0.25, 0.3) is 5.69 Å². The Balaban J connectivity index is 2.36. The summed E-state index contributed by atoms with van der Waals surface area (Å²) in [7, 11) is 0. The Morgan fingerprint density at radius 2 is 2.25 bits per heavy atom. The number of hydrogen-bond donors (Lipinski definition) is 2. The maximum absolute atomic E-state index is 13.1. The molecule has 6 heteroatoms. The summed E-state index contributed by atoms with van der Waals surface area (Å²) in [6, 6.07) is 3.34. The molecule has 0 amide bonds. The number of nitro groups is 1. The molecule has 1 atom stereocenters. The van der Waals surface area contributed by atoms with Crippen LogP contribution in [0.15, 0.2) is 18.2 Å². The van der Waals surface area contributed by atoms with Crippen molar-refractivity contribution in [3.8, 4) is 0 Å². The van der Waals surface area contributed by atoms with Crippen LogP contribution >= 0.6 is 0 Å². The second kappa shape index (κ2) is 4.54. The molecule has 1 aromatic rings. The Morgan fingerprint density at radius 1 is 1.44 bits per heavy atom. The second-order valence-electron chi connectivity index (χ2n) is 3.67. The van der Waals surface area contributed by atoms with Gasteiger partial charge in [-0.2, -0.15) is 0 Å². The summed E-state index contributed by atoms with van der Waals surface area (Å²) in [5.41, 5.74) is 0.361. The normalized spacial score (nSPS) is 20.7. The zero-order chi connectivity index (χ0) is 11.5. The van der Waals surface area contributed by atoms with Gasteiger partial charge in [0.2, 0.25) is 0 Å². The predicted molar refractivity (Wildman–Crippen MR) is 56.7 cm³/mol. The highest BCUT2D eigenvalue weighted by atomic mass is 19.1. The van der Waals surface area contributed by atoms with E-state index in [1.807, 2.05) is 0 Å². The van der Waals surface area contributed by atoms with Crippen LogP contribution in [0.1, 0.15) is 11.6 Å². The Hall–Kier alpha value is -1.53. The van der Waals surface area contributed by atoms with Crippen LogP contribution in [0, 0.1) is 15.9 Å². The fourth-order valence-electron chi connectivity index (χ4n) is 1.84. The third-order valence-electron chi connectivity index (χ3n) is 2.60. The maximum atomic E-state index is 13.1. The van der Waals surface area contributed by atoms with Crippen molar-refractivity contribution in [2.75, 3.05) is 19.6 Å². The van der Waals surface area contributed by atoms with E-state index in [1.165, 1.54) is 12.1 Å². The van der Waals surface area contributed by atoms with Crippen LogP contribution in [0.5, 0.6) is 0 Å². The summed E-state index contributed by atoms with van der Waals surface area (Å²) in [5, 5.41) is 17.0. The minimum absolute atomic E-state index is 0.0393. The minimum atomic E-state index is -0.481. The third kappa shape index (κ3) is 2.17. The van der Waals surface area contributed by atoms with E-state index in [4.69, 9.17) is 0 Å². The molecule has 16 heavy (non-hydrogen) atoms. The Labute approximate surface area is 91.8 Å². The molecule has 0 radical (unpaired) electrons. The molecule has 2 N–H and O–H groups in total. The smallest absolute Gasteiger partial charge is 0.274 e. The number of piperazine rings is 1. The summed E-state index contributed by atoms with van der Waals surface area (Å²) in [6.45, 7) is 2.11. The zero-order valence-electron chi connectivity index (χ0n) is 8.57. The largest absolute Gasteiger partial charge is 0.314 e. The van der Waals surface area contributed by atoms with Crippen molar-refractivity contribution in [3.05, 3.63) is 39.7 Å². The van der Waals surface area contributed by atoms with Gasteiger partial charge in [-0.25, -0.2) is 4.39 Å². The molecular formula is C10H12FN3O2. The molecule has 0 aliphatic carbocycles. The lowest BCUT2D eigenvalue weighted by atomic mass is 10.0. The van der Waals surface area contributed by atoms with Gasteiger partial charge >= 0.3 is 0 Å². The molecule has 1 saturated heterocycles. The van der Waals surface area contributed by atoms with Gasteiger partial charge in [0, 0.05) is 25.7 Å². The van der Waals surface area contributed by atoms with E-state index >= 15 is 0 Å². The molecule has 1 fully saturated rings. The fraction of sp³-hybridized carbons (Fsp3) is 0.400. The minimum Gasteiger partial charge on any atom is -0.314 e. The molecule has 1 heterocycles. The molecule has 5 nitrogen and oxygen atoms in total. The van der Waals surface area contributed by atoms with Gasteiger partial charge in [0.1, 0.15) is 5.82 Å². The molecule has 0 unspecified atom stereocenters. The van der Waals surface area contributed by atoms with Crippen molar-refractivity contribution >= 4 is 5.69 Å². The molecule has 0 saturated carbocycles. The van der Waals surface area contributed by atoms with Crippen molar-refractivity contribution in [1.29, 1.82) is 0 Å². The highest BCUT2D eigenvalue weighted by molar-refractivity contribution is 5.42. The second-order valence-corrected chi connectivity index (χ2v) is 3.67. The van der Waals surface area contributed by atoms with Gasteiger partial charge in [-0.1, -0.05) is 0 Å². The monoisotopic (exact) mass is 225 g/mol. The van der Waals surface area contributed by atoms with Crippen molar-refractivity contribution in [2.24, 2.45) is 0 Å². The van der Waals surface area contributed by atoms with E-state index in [2.05, 4.69) is 10.6 Å². The summed E-state index contributed by atoms with van der Waals surface area (Å²) in [6.07, 6.45) is 0. The van der Waals surface area contributed by atoms with E-state index in [-0.39, 0.29) is 11.7 Å². The zero-order valence-corrected chi connectivity index (χ0v) is 8.57. The Morgan fingerprint density at radius 3 is 2.88 bits per heavy atom. The van der Waals surface area contributed by atoms with Crippen LogP contribution in [-0.2, 0) is 0 Å². The number of halogens is 1. The Kier molecular flexibility index (Phi) is 3.12. The molecule has 2 rings (SSSR count). The highest BCUT2D eigenvalue weighted by Gasteiger charge is 2.23. The molecule has 1 aliphatic heterocycles. The number of hydrogen-bond acceptors (Lipinski definition) is 4. The number of nitro benzene ring substituents is 1. The number of nitrogens with zero attached hydrogens (tertiary/aromatic N) is 1. The van der Waals surface area contributed by atoms with Crippen LogP contribution in [-0.4, -0.2) is 24.6 Å². The van der Waals surface area contributed by atoms with E-state index in [0.29, 0.717) is 12.1 Å². The van der Waals surface area contributed by atoms with Crippen molar-refractivity contribution in [1.82, 2.24) is 10.6 Å².